The van der Waals surface area contributed by atoms with E-state index in [4.69, 9.17) is 15.0 Å². The maximum atomic E-state index is 5.17. The average molecular weight is 625 g/mol. The Morgan fingerprint density at radius 2 is 0.857 bits per heavy atom. The molecule has 0 aliphatic heterocycles. The molecule has 49 heavy (non-hydrogen) atoms. The molecule has 4 nitrogen and oxygen atoms in total. The molecule has 0 fully saturated rings. The molecule has 2 heterocycles. The molecule has 4 heteroatoms. The van der Waals surface area contributed by atoms with Crippen LogP contribution in [0.5, 0.6) is 0 Å². The first-order valence-corrected chi connectivity index (χ1v) is 16.5. The number of hydrogen-bond acceptors (Lipinski definition) is 3. The summed E-state index contributed by atoms with van der Waals surface area (Å²) in [6, 6.07) is 59.9. The highest BCUT2D eigenvalue weighted by atomic mass is 15.0. The Bertz CT molecular complexity index is 2890. The van der Waals surface area contributed by atoms with Crippen LogP contribution in [0.15, 0.2) is 170 Å². The van der Waals surface area contributed by atoms with E-state index in [0.29, 0.717) is 17.5 Å². The van der Waals surface area contributed by atoms with E-state index in [9.17, 15) is 0 Å². The molecule has 0 saturated heterocycles. The van der Waals surface area contributed by atoms with E-state index in [2.05, 4.69) is 156 Å². The summed E-state index contributed by atoms with van der Waals surface area (Å²) < 4.78 is 2.41. The third-order valence-electron chi connectivity index (χ3n) is 9.55. The van der Waals surface area contributed by atoms with Crippen LogP contribution in [0.3, 0.4) is 0 Å². The summed E-state index contributed by atoms with van der Waals surface area (Å²) in [5, 5.41) is 9.51. The van der Waals surface area contributed by atoms with Gasteiger partial charge in [-0.2, -0.15) is 0 Å². The minimum Gasteiger partial charge on any atom is -0.309 e. The highest BCUT2D eigenvalue weighted by molar-refractivity contribution is 6.14. The van der Waals surface area contributed by atoms with Crippen molar-refractivity contribution in [2.75, 3.05) is 0 Å². The predicted octanol–water partition coefficient (Wildman–Crippen LogP) is 11.4. The van der Waals surface area contributed by atoms with Crippen LogP contribution >= 0.6 is 0 Å². The molecular formula is C45H28N4. The van der Waals surface area contributed by atoms with Gasteiger partial charge in [-0.3, -0.25) is 0 Å². The van der Waals surface area contributed by atoms with E-state index in [0.717, 1.165) is 44.1 Å². The van der Waals surface area contributed by atoms with Crippen molar-refractivity contribution in [3.8, 4) is 39.9 Å². The van der Waals surface area contributed by atoms with Gasteiger partial charge >= 0.3 is 0 Å². The molecule has 0 radical (unpaired) electrons. The first kappa shape index (κ1) is 27.5. The van der Waals surface area contributed by atoms with Crippen LogP contribution < -0.4 is 0 Å². The Morgan fingerprint density at radius 1 is 0.306 bits per heavy atom. The predicted molar refractivity (Wildman–Crippen MR) is 203 cm³/mol. The van der Waals surface area contributed by atoms with Gasteiger partial charge in [0.15, 0.2) is 17.5 Å². The van der Waals surface area contributed by atoms with Gasteiger partial charge < -0.3 is 4.57 Å². The van der Waals surface area contributed by atoms with Gasteiger partial charge in [0.05, 0.1) is 16.7 Å². The van der Waals surface area contributed by atoms with E-state index in [-0.39, 0.29) is 0 Å². The molecule has 0 N–H and O–H groups in total. The van der Waals surface area contributed by atoms with Crippen molar-refractivity contribution in [2.45, 2.75) is 0 Å². The quantitative estimate of drug-likeness (QED) is 0.196. The summed E-state index contributed by atoms with van der Waals surface area (Å²) in [7, 11) is 0. The van der Waals surface area contributed by atoms with Crippen LogP contribution in [0.4, 0.5) is 0 Å². The summed E-state index contributed by atoms with van der Waals surface area (Å²) in [6.45, 7) is 0. The SMILES string of the molecule is c1ccc(-c2nc(-c3ccc4ccccc4c3)nc(-c3cc(-n4c5ccccc5c5cc6ccccc6cc54)c4ccccc4c3)n2)cc1. The summed E-state index contributed by atoms with van der Waals surface area (Å²) in [6.07, 6.45) is 0. The fourth-order valence-corrected chi connectivity index (χ4v) is 7.20. The zero-order chi connectivity index (χ0) is 32.3. The number of para-hydroxylation sites is 1. The molecule has 10 rings (SSSR count). The number of hydrogen-bond donors (Lipinski definition) is 0. The lowest BCUT2D eigenvalue weighted by Gasteiger charge is -2.15. The van der Waals surface area contributed by atoms with Gasteiger partial charge in [-0.1, -0.05) is 133 Å². The van der Waals surface area contributed by atoms with E-state index in [1.165, 1.54) is 32.4 Å². The topological polar surface area (TPSA) is 43.6 Å². The van der Waals surface area contributed by atoms with Crippen LogP contribution in [0.1, 0.15) is 0 Å². The van der Waals surface area contributed by atoms with Gasteiger partial charge in [0.1, 0.15) is 0 Å². The Labute approximate surface area is 282 Å². The zero-order valence-electron chi connectivity index (χ0n) is 26.5. The summed E-state index contributed by atoms with van der Waals surface area (Å²) in [5.41, 5.74) is 6.25. The van der Waals surface area contributed by atoms with Crippen molar-refractivity contribution in [1.29, 1.82) is 0 Å². The molecule has 0 amide bonds. The summed E-state index contributed by atoms with van der Waals surface area (Å²) in [5.74, 6) is 1.93. The Balaban J connectivity index is 1.26. The van der Waals surface area contributed by atoms with Crippen molar-refractivity contribution >= 4 is 54.1 Å². The molecule has 228 valence electrons. The molecule has 0 saturated carbocycles. The zero-order valence-corrected chi connectivity index (χ0v) is 26.5. The normalized spacial score (nSPS) is 11.7. The number of benzene rings is 8. The third-order valence-corrected chi connectivity index (χ3v) is 9.55. The van der Waals surface area contributed by atoms with Crippen molar-refractivity contribution in [3.05, 3.63) is 170 Å². The van der Waals surface area contributed by atoms with Gasteiger partial charge in [-0.25, -0.2) is 15.0 Å². The monoisotopic (exact) mass is 624 g/mol. The highest BCUT2D eigenvalue weighted by Crippen LogP contribution is 2.39. The maximum absolute atomic E-state index is 5.17. The van der Waals surface area contributed by atoms with Gasteiger partial charge in [-0.05, 0) is 63.3 Å². The molecule has 0 atom stereocenters. The number of aromatic nitrogens is 4. The minimum absolute atomic E-state index is 0.634. The first-order chi connectivity index (χ1) is 24.3. The molecule has 10 aromatic rings. The lowest BCUT2D eigenvalue weighted by Crippen LogP contribution is -2.02. The van der Waals surface area contributed by atoms with E-state index in [1.807, 2.05) is 18.2 Å². The van der Waals surface area contributed by atoms with E-state index < -0.39 is 0 Å². The van der Waals surface area contributed by atoms with Gasteiger partial charge in [0, 0.05) is 32.8 Å². The summed E-state index contributed by atoms with van der Waals surface area (Å²) >= 11 is 0. The lowest BCUT2D eigenvalue weighted by molar-refractivity contribution is 1.07. The molecule has 2 aromatic heterocycles. The van der Waals surface area contributed by atoms with Crippen molar-refractivity contribution < 1.29 is 0 Å². The minimum atomic E-state index is 0.634. The van der Waals surface area contributed by atoms with Crippen LogP contribution in [0, 0.1) is 0 Å². The fraction of sp³-hybridized carbons (Fsp3) is 0. The number of fused-ring (bicyclic) bond motifs is 6. The van der Waals surface area contributed by atoms with Gasteiger partial charge in [0.25, 0.3) is 0 Å². The molecular weight excluding hydrogens is 597 g/mol. The molecule has 0 aliphatic rings. The number of rotatable bonds is 4. The Morgan fingerprint density at radius 3 is 1.63 bits per heavy atom. The van der Waals surface area contributed by atoms with Gasteiger partial charge in [0.2, 0.25) is 0 Å². The highest BCUT2D eigenvalue weighted by Gasteiger charge is 2.19. The molecule has 0 unspecified atom stereocenters. The number of nitrogens with zero attached hydrogens (tertiary/aromatic N) is 4. The van der Waals surface area contributed by atoms with Crippen molar-refractivity contribution in [2.24, 2.45) is 0 Å². The third kappa shape index (κ3) is 4.57. The molecule has 8 aromatic carbocycles. The Hall–Kier alpha value is -6.65. The standard InChI is InChI=1S/C45H28N4/c1-2-13-30(14-3-1)43-46-44(35-23-22-29-12-4-5-15-31(29)24-35)48-45(47-43)36-25-34-18-8-9-19-37(34)41(28-36)49-40-21-11-10-20-38(40)39-26-32-16-6-7-17-33(32)27-42(39)49/h1-28H. The first-order valence-electron chi connectivity index (χ1n) is 16.5. The molecule has 0 bridgehead atoms. The van der Waals surface area contributed by atoms with Crippen molar-refractivity contribution in [3.63, 3.8) is 0 Å². The second-order valence-electron chi connectivity index (χ2n) is 12.5. The van der Waals surface area contributed by atoms with Crippen LogP contribution in [0.25, 0.3) is 94.0 Å². The second kappa shape index (κ2) is 11.0. The van der Waals surface area contributed by atoms with E-state index in [1.54, 1.807) is 0 Å². The van der Waals surface area contributed by atoms with Crippen LogP contribution in [-0.4, -0.2) is 19.5 Å². The maximum Gasteiger partial charge on any atom is 0.164 e. The average Bonchev–Trinajstić information content (AvgIpc) is 3.49. The largest absolute Gasteiger partial charge is 0.309 e. The fourth-order valence-electron chi connectivity index (χ4n) is 7.20. The van der Waals surface area contributed by atoms with Crippen molar-refractivity contribution in [1.82, 2.24) is 19.5 Å². The molecule has 0 aliphatic carbocycles. The molecule has 0 spiro atoms. The summed E-state index contributed by atoms with van der Waals surface area (Å²) in [4.78, 5) is 15.3. The smallest absolute Gasteiger partial charge is 0.164 e. The van der Waals surface area contributed by atoms with Gasteiger partial charge in [-0.15, -0.1) is 0 Å². The van der Waals surface area contributed by atoms with E-state index >= 15 is 0 Å². The van der Waals surface area contributed by atoms with Crippen LogP contribution in [-0.2, 0) is 0 Å². The second-order valence-corrected chi connectivity index (χ2v) is 12.5. The van der Waals surface area contributed by atoms with Crippen LogP contribution in [0.2, 0.25) is 0 Å². The Kier molecular flexibility index (Phi) is 6.15. The lowest BCUT2D eigenvalue weighted by atomic mass is 10.0.